The number of rotatable bonds is 10. The van der Waals surface area contributed by atoms with Crippen LogP contribution in [-0.2, 0) is 0 Å². The largest absolute Gasteiger partial charge is 0.497 e. The smallest absolute Gasteiger partial charge is 0.175 e. The quantitative estimate of drug-likeness (QED) is 0.0683. The molecule has 0 aliphatic carbocycles. The highest BCUT2D eigenvalue weighted by Crippen LogP contribution is 2.34. The van der Waals surface area contributed by atoms with Gasteiger partial charge in [0.1, 0.15) is 38.7 Å². The second-order valence-corrected chi connectivity index (χ2v) is 14.6. The van der Waals surface area contributed by atoms with Crippen LogP contribution in [0.1, 0.15) is 0 Å². The number of allylic oxidation sites excluding steroid dienone is 1. The molecule has 0 spiro atoms. The van der Waals surface area contributed by atoms with Crippen LogP contribution in [0, 0.1) is 0 Å². The molecule has 4 aromatic carbocycles. The first-order valence-corrected chi connectivity index (χ1v) is 19.9. The molecular weight excluding hydrogens is 801 g/mol. The number of fused-ring (bicyclic) bond motifs is 2. The van der Waals surface area contributed by atoms with Gasteiger partial charge in [0.25, 0.3) is 0 Å². The Hall–Kier alpha value is -6.94. The minimum Gasteiger partial charge on any atom is -0.497 e. The zero-order valence-corrected chi connectivity index (χ0v) is 35.0. The summed E-state index contributed by atoms with van der Waals surface area (Å²) in [6.45, 7) is 3.55. The number of hydrogen-bond donors (Lipinski definition) is 3. The fourth-order valence-corrected chi connectivity index (χ4v) is 7.51. The third-order valence-electron chi connectivity index (χ3n) is 8.25. The van der Waals surface area contributed by atoms with Crippen molar-refractivity contribution in [3.63, 3.8) is 0 Å². The number of thiazole rings is 2. The molecule has 0 aliphatic rings. The molecule has 59 heavy (non-hydrogen) atoms. The molecule has 0 saturated heterocycles. The summed E-state index contributed by atoms with van der Waals surface area (Å²) < 4.78 is 23.0. The van der Waals surface area contributed by atoms with Crippen LogP contribution in [0.4, 0.5) is 22.7 Å². The van der Waals surface area contributed by atoms with E-state index in [-0.39, 0.29) is 0 Å². The van der Waals surface area contributed by atoms with Gasteiger partial charge in [-0.05, 0) is 72.9 Å². The predicted molar refractivity (Wildman–Crippen MR) is 247 cm³/mol. The number of methoxy groups -OCH3 is 4. The lowest BCUT2D eigenvalue weighted by molar-refractivity contribution is 0.395. The Bertz CT molecular complexity index is 2650. The lowest BCUT2D eigenvalue weighted by Crippen LogP contribution is -2.19. The van der Waals surface area contributed by atoms with Gasteiger partial charge in [-0.15, -0.1) is 22.7 Å². The summed E-state index contributed by atoms with van der Waals surface area (Å²) in [5.41, 5.74) is 12.9. The van der Waals surface area contributed by atoms with Crippen molar-refractivity contribution in [1.82, 2.24) is 19.9 Å². The van der Waals surface area contributed by atoms with E-state index in [9.17, 15) is 0 Å². The lowest BCUT2D eigenvalue weighted by Gasteiger charge is -2.14. The van der Waals surface area contributed by atoms with Crippen molar-refractivity contribution >= 4 is 89.4 Å². The van der Waals surface area contributed by atoms with Crippen molar-refractivity contribution in [2.75, 3.05) is 44.8 Å². The van der Waals surface area contributed by atoms with Crippen LogP contribution in [0.3, 0.4) is 0 Å². The third-order valence-corrected chi connectivity index (χ3v) is 10.6. The number of nitrogen functional groups attached to an aromatic ring is 1. The zero-order valence-electron chi connectivity index (χ0n) is 32.6. The normalized spacial score (nSPS) is 10.5. The van der Waals surface area contributed by atoms with Crippen molar-refractivity contribution in [3.8, 4) is 44.1 Å². The number of nitrogens with zero attached hydrogens (tertiary/aromatic N) is 5. The second kappa shape index (κ2) is 20.5. The van der Waals surface area contributed by atoms with E-state index in [0.717, 1.165) is 70.1 Å². The number of aromatic nitrogens is 4. The van der Waals surface area contributed by atoms with E-state index < -0.39 is 0 Å². The van der Waals surface area contributed by atoms with Crippen LogP contribution in [0.25, 0.3) is 41.6 Å². The molecule has 0 radical (unpaired) electrons. The molecule has 8 aromatic rings. The first-order valence-electron chi connectivity index (χ1n) is 17.8. The monoisotopic (exact) mass is 840 g/mol. The van der Waals surface area contributed by atoms with Crippen LogP contribution < -0.4 is 35.3 Å². The molecule has 0 unspecified atom stereocenters. The maximum absolute atomic E-state index is 5.75. The first-order chi connectivity index (χ1) is 28.8. The van der Waals surface area contributed by atoms with Crippen LogP contribution in [-0.4, -0.2) is 59.7 Å². The summed E-state index contributed by atoms with van der Waals surface area (Å²) in [6, 6.07) is 30.5. The lowest BCUT2D eigenvalue weighted by atomic mass is 10.2. The highest BCUT2D eigenvalue weighted by Gasteiger charge is 2.10. The molecule has 298 valence electrons. The number of thiocarbonyl (C=S) groups is 1. The zero-order chi connectivity index (χ0) is 41.6. The fraction of sp³-hybridized carbons (Fsp3) is 0.0909. The molecule has 4 aromatic heterocycles. The Morgan fingerprint density at radius 3 is 1.86 bits per heavy atom. The maximum atomic E-state index is 5.75. The summed E-state index contributed by atoms with van der Waals surface area (Å²) >= 11 is 8.71. The number of hydrogen-bond acceptors (Lipinski definition) is 13. The summed E-state index contributed by atoms with van der Waals surface area (Å²) in [4.78, 5) is 21.6. The van der Waals surface area contributed by atoms with Crippen molar-refractivity contribution < 1.29 is 18.9 Å². The maximum Gasteiger partial charge on any atom is 0.175 e. The summed E-state index contributed by atoms with van der Waals surface area (Å²) in [7, 11) is 6.43. The van der Waals surface area contributed by atoms with E-state index in [1.54, 1.807) is 87.9 Å². The van der Waals surface area contributed by atoms with Crippen LogP contribution in [0.2, 0.25) is 0 Å². The van der Waals surface area contributed by atoms with Crippen molar-refractivity contribution in [1.29, 1.82) is 0 Å². The molecule has 4 N–H and O–H groups in total. The SMILES string of the molecule is C=CC=Nc1ccc(OC)cc1OC.COc1ccc(NC(=S)Nc2cccc(-c3nc4ccncc4s3)c2)c(OC)c1.Nc1cccc(-c2nc3ccncc3s2)c1. The standard InChI is InChI=1S/C21H18N4O2S2.C12H9N3S.C11H13NO2/c1-26-15-6-7-16(18(11-15)27-2)25-21(28)23-14-5-3-4-13(10-14)20-24-17-8-9-22-12-19(17)29-20;13-9-3-1-2-8(6-9)12-15-10-4-5-14-7-11(10)16-12;1-4-7-12-10-6-5-9(13-2)8-11(10)14-3/h3-12H,1-2H3,(H2,23,25,28);1-7H,13H2;4-8H,1H2,2-3H3. The number of pyridine rings is 2. The van der Waals surface area contributed by atoms with Gasteiger partial charge in [0.15, 0.2) is 5.11 Å². The van der Waals surface area contributed by atoms with Crippen LogP contribution in [0.5, 0.6) is 23.0 Å². The first kappa shape index (κ1) is 41.7. The minimum absolute atomic E-state index is 0.458. The van der Waals surface area contributed by atoms with Gasteiger partial charge < -0.3 is 35.3 Å². The van der Waals surface area contributed by atoms with Crippen LogP contribution in [0.15, 0.2) is 139 Å². The molecule has 0 bridgehead atoms. The number of anilines is 3. The molecule has 0 atom stereocenters. The molecular formula is C44H40N8O4S3. The Labute approximate surface area is 355 Å². The Morgan fingerprint density at radius 2 is 1.29 bits per heavy atom. The molecule has 12 nitrogen and oxygen atoms in total. The summed E-state index contributed by atoms with van der Waals surface area (Å²) in [6.07, 6.45) is 10.4. The van der Waals surface area contributed by atoms with Gasteiger partial charge in [0, 0.05) is 65.6 Å². The van der Waals surface area contributed by atoms with Crippen molar-refractivity contribution in [3.05, 3.63) is 135 Å². The van der Waals surface area contributed by atoms with Gasteiger partial charge in [0.05, 0.1) is 54.6 Å². The fourth-order valence-electron chi connectivity index (χ4n) is 5.42. The number of ether oxygens (including phenoxy) is 4. The summed E-state index contributed by atoms with van der Waals surface area (Å²) in [5.74, 6) is 2.79. The molecule has 15 heteroatoms. The Kier molecular flexibility index (Phi) is 14.5. The molecule has 0 saturated carbocycles. The molecule has 8 rings (SSSR count). The van der Waals surface area contributed by atoms with E-state index in [4.69, 9.17) is 36.9 Å². The van der Waals surface area contributed by atoms with Gasteiger partial charge in [-0.25, -0.2) is 9.97 Å². The molecule has 0 aliphatic heterocycles. The number of nitrogens with one attached hydrogen (secondary N) is 2. The Balaban J connectivity index is 0.000000164. The van der Waals surface area contributed by atoms with E-state index in [1.165, 1.54) is 0 Å². The number of benzene rings is 4. The predicted octanol–water partition coefficient (Wildman–Crippen LogP) is 10.7. The second-order valence-electron chi connectivity index (χ2n) is 12.1. The van der Waals surface area contributed by atoms with E-state index in [2.05, 4.69) is 42.1 Å². The highest BCUT2D eigenvalue weighted by molar-refractivity contribution is 7.80. The Morgan fingerprint density at radius 1 is 0.695 bits per heavy atom. The van der Waals surface area contributed by atoms with E-state index in [1.807, 2.05) is 97.3 Å². The van der Waals surface area contributed by atoms with Crippen molar-refractivity contribution in [2.24, 2.45) is 4.99 Å². The average molecular weight is 841 g/mol. The highest BCUT2D eigenvalue weighted by atomic mass is 32.1. The molecule has 4 heterocycles. The van der Waals surface area contributed by atoms with Crippen LogP contribution >= 0.6 is 34.9 Å². The van der Waals surface area contributed by atoms with Gasteiger partial charge >= 0.3 is 0 Å². The van der Waals surface area contributed by atoms with Crippen molar-refractivity contribution in [2.45, 2.75) is 0 Å². The van der Waals surface area contributed by atoms with Gasteiger partial charge in [-0.1, -0.05) is 36.9 Å². The number of nitrogens with two attached hydrogens (primary N) is 1. The average Bonchev–Trinajstić information content (AvgIpc) is 3.92. The minimum atomic E-state index is 0.458. The number of aliphatic imine (C=N–C) groups is 1. The van der Waals surface area contributed by atoms with E-state index in [0.29, 0.717) is 22.4 Å². The molecule has 0 fully saturated rings. The topological polar surface area (TPSA) is 151 Å². The third kappa shape index (κ3) is 11.1. The van der Waals surface area contributed by atoms with E-state index >= 15 is 0 Å². The molecule has 0 amide bonds. The van der Waals surface area contributed by atoms with Gasteiger partial charge in [-0.3, -0.25) is 15.0 Å². The van der Waals surface area contributed by atoms with Gasteiger partial charge in [0.2, 0.25) is 0 Å². The van der Waals surface area contributed by atoms with Gasteiger partial charge in [-0.2, -0.15) is 0 Å². The summed E-state index contributed by atoms with van der Waals surface area (Å²) in [5, 5.41) is 8.75.